The first-order valence-corrected chi connectivity index (χ1v) is 6.08. The van der Waals surface area contributed by atoms with E-state index in [0.29, 0.717) is 18.0 Å². The van der Waals surface area contributed by atoms with Crippen molar-refractivity contribution < 1.29 is 14.3 Å². The number of rotatable bonds is 7. The monoisotopic (exact) mass is 265 g/mol. The molecule has 2 amide bonds. The van der Waals surface area contributed by atoms with Gasteiger partial charge < -0.3 is 21.1 Å². The highest BCUT2D eigenvalue weighted by molar-refractivity contribution is 5.78. The SMILES string of the molecule is CNC(=O)CCNC(=O)CCOc1ccccc1N. The zero-order chi connectivity index (χ0) is 14.1. The molecule has 6 heteroatoms. The highest BCUT2D eigenvalue weighted by Gasteiger charge is 2.04. The lowest BCUT2D eigenvalue weighted by Crippen LogP contribution is -2.29. The maximum atomic E-state index is 11.4. The van der Waals surface area contributed by atoms with Crippen LogP contribution in [-0.4, -0.2) is 32.0 Å². The molecule has 0 radical (unpaired) electrons. The maximum absolute atomic E-state index is 11.4. The quantitative estimate of drug-likeness (QED) is 0.618. The van der Waals surface area contributed by atoms with Crippen molar-refractivity contribution in [2.24, 2.45) is 0 Å². The van der Waals surface area contributed by atoms with Crippen LogP contribution in [0.4, 0.5) is 5.69 Å². The van der Waals surface area contributed by atoms with E-state index in [4.69, 9.17) is 10.5 Å². The molecule has 4 N–H and O–H groups in total. The summed E-state index contributed by atoms with van der Waals surface area (Å²) in [4.78, 5) is 22.4. The highest BCUT2D eigenvalue weighted by atomic mass is 16.5. The number of benzene rings is 1. The summed E-state index contributed by atoms with van der Waals surface area (Å²) in [7, 11) is 1.56. The minimum Gasteiger partial charge on any atom is -0.491 e. The van der Waals surface area contributed by atoms with Gasteiger partial charge in [-0.15, -0.1) is 0 Å². The van der Waals surface area contributed by atoms with E-state index in [1.54, 1.807) is 19.2 Å². The van der Waals surface area contributed by atoms with Gasteiger partial charge in [-0.1, -0.05) is 12.1 Å². The van der Waals surface area contributed by atoms with E-state index in [0.717, 1.165) is 0 Å². The topological polar surface area (TPSA) is 93.5 Å². The molecular formula is C13H19N3O3. The van der Waals surface area contributed by atoms with Crippen LogP contribution < -0.4 is 21.1 Å². The summed E-state index contributed by atoms with van der Waals surface area (Å²) in [5.41, 5.74) is 6.24. The van der Waals surface area contributed by atoms with Gasteiger partial charge in [-0.3, -0.25) is 9.59 Å². The summed E-state index contributed by atoms with van der Waals surface area (Å²) in [5, 5.41) is 5.12. The number of ether oxygens (including phenoxy) is 1. The van der Waals surface area contributed by atoms with Crippen molar-refractivity contribution in [3.8, 4) is 5.75 Å². The Morgan fingerprint density at radius 2 is 1.95 bits per heavy atom. The number of para-hydroxylation sites is 2. The van der Waals surface area contributed by atoms with Crippen molar-refractivity contribution in [1.29, 1.82) is 0 Å². The number of hydrogen-bond donors (Lipinski definition) is 3. The number of nitrogens with two attached hydrogens (primary N) is 1. The van der Waals surface area contributed by atoms with Crippen LogP contribution in [0.25, 0.3) is 0 Å². The first-order valence-electron chi connectivity index (χ1n) is 6.08. The molecule has 0 aliphatic heterocycles. The number of hydrogen-bond acceptors (Lipinski definition) is 4. The molecule has 0 heterocycles. The molecule has 1 aromatic rings. The second-order valence-corrected chi connectivity index (χ2v) is 3.91. The van der Waals surface area contributed by atoms with Crippen LogP contribution in [0.3, 0.4) is 0 Å². The van der Waals surface area contributed by atoms with Crippen molar-refractivity contribution in [3.05, 3.63) is 24.3 Å². The van der Waals surface area contributed by atoms with E-state index >= 15 is 0 Å². The maximum Gasteiger partial charge on any atom is 0.223 e. The smallest absolute Gasteiger partial charge is 0.223 e. The third-order valence-corrected chi connectivity index (χ3v) is 2.46. The van der Waals surface area contributed by atoms with Crippen molar-refractivity contribution in [3.63, 3.8) is 0 Å². The van der Waals surface area contributed by atoms with Gasteiger partial charge in [0.25, 0.3) is 0 Å². The summed E-state index contributed by atoms with van der Waals surface area (Å²) >= 11 is 0. The molecule has 0 aromatic heterocycles. The van der Waals surface area contributed by atoms with Gasteiger partial charge in [0.2, 0.25) is 11.8 Å². The lowest BCUT2D eigenvalue weighted by Gasteiger charge is -2.08. The molecule has 6 nitrogen and oxygen atoms in total. The van der Waals surface area contributed by atoms with Gasteiger partial charge >= 0.3 is 0 Å². The standard InChI is InChI=1S/C13H19N3O3/c1-15-12(17)6-8-16-13(18)7-9-19-11-5-3-2-4-10(11)14/h2-5H,6-9,14H2,1H3,(H,15,17)(H,16,18). The Morgan fingerprint density at radius 3 is 2.63 bits per heavy atom. The largest absolute Gasteiger partial charge is 0.491 e. The second kappa shape index (κ2) is 7.97. The van der Waals surface area contributed by atoms with Crippen LogP contribution in [0.5, 0.6) is 5.75 Å². The van der Waals surface area contributed by atoms with Crippen LogP contribution in [0.15, 0.2) is 24.3 Å². The predicted molar refractivity (Wildman–Crippen MR) is 72.7 cm³/mol. The third-order valence-electron chi connectivity index (χ3n) is 2.46. The summed E-state index contributed by atoms with van der Waals surface area (Å²) in [5.74, 6) is 0.313. The highest BCUT2D eigenvalue weighted by Crippen LogP contribution is 2.19. The Bertz CT molecular complexity index is 435. The van der Waals surface area contributed by atoms with E-state index in [1.165, 1.54) is 0 Å². The summed E-state index contributed by atoms with van der Waals surface area (Å²) < 4.78 is 5.39. The summed E-state index contributed by atoms with van der Waals surface area (Å²) in [6.07, 6.45) is 0.497. The number of nitrogens with one attached hydrogen (secondary N) is 2. The van der Waals surface area contributed by atoms with E-state index in [1.807, 2.05) is 12.1 Å². The van der Waals surface area contributed by atoms with Crippen molar-refractivity contribution in [2.45, 2.75) is 12.8 Å². The molecule has 0 aliphatic rings. The number of amides is 2. The van der Waals surface area contributed by atoms with E-state index in [-0.39, 0.29) is 31.3 Å². The molecule has 0 bridgehead atoms. The first-order chi connectivity index (χ1) is 9.13. The fourth-order valence-electron chi connectivity index (χ4n) is 1.39. The molecule has 19 heavy (non-hydrogen) atoms. The number of nitrogen functional groups attached to an aromatic ring is 1. The number of carbonyl (C=O) groups is 2. The van der Waals surface area contributed by atoms with Crippen molar-refractivity contribution in [1.82, 2.24) is 10.6 Å². The van der Waals surface area contributed by atoms with Crippen LogP contribution in [0.1, 0.15) is 12.8 Å². The fraction of sp³-hybridized carbons (Fsp3) is 0.385. The molecule has 0 atom stereocenters. The molecule has 104 valence electrons. The molecule has 0 unspecified atom stereocenters. The fourth-order valence-corrected chi connectivity index (χ4v) is 1.39. The molecule has 1 aromatic carbocycles. The van der Waals surface area contributed by atoms with E-state index < -0.39 is 0 Å². The second-order valence-electron chi connectivity index (χ2n) is 3.91. The molecule has 0 fully saturated rings. The van der Waals surface area contributed by atoms with Crippen molar-refractivity contribution >= 4 is 17.5 Å². The van der Waals surface area contributed by atoms with Gasteiger partial charge in [-0.2, -0.15) is 0 Å². The number of carbonyl (C=O) groups excluding carboxylic acids is 2. The Kier molecular flexibility index (Phi) is 6.21. The van der Waals surface area contributed by atoms with Gasteiger partial charge in [0.1, 0.15) is 5.75 Å². The zero-order valence-corrected chi connectivity index (χ0v) is 10.9. The van der Waals surface area contributed by atoms with Crippen LogP contribution in [-0.2, 0) is 9.59 Å². The number of anilines is 1. The lowest BCUT2D eigenvalue weighted by molar-refractivity contribution is -0.122. The van der Waals surface area contributed by atoms with Gasteiger partial charge in [0, 0.05) is 20.0 Å². The zero-order valence-electron chi connectivity index (χ0n) is 10.9. The molecule has 0 aliphatic carbocycles. The molecule has 0 spiro atoms. The third kappa shape index (κ3) is 5.76. The Labute approximate surface area is 112 Å². The van der Waals surface area contributed by atoms with Gasteiger partial charge in [-0.25, -0.2) is 0 Å². The molecule has 0 saturated heterocycles. The van der Waals surface area contributed by atoms with Crippen LogP contribution in [0, 0.1) is 0 Å². The molecular weight excluding hydrogens is 246 g/mol. The normalized spacial score (nSPS) is 9.74. The first kappa shape index (κ1) is 14.8. The Balaban J connectivity index is 2.17. The van der Waals surface area contributed by atoms with Crippen molar-refractivity contribution in [2.75, 3.05) is 25.9 Å². The van der Waals surface area contributed by atoms with Gasteiger partial charge in [0.15, 0.2) is 0 Å². The Hall–Kier alpha value is -2.24. The summed E-state index contributed by atoms with van der Waals surface area (Å²) in [6.45, 7) is 0.575. The minimum absolute atomic E-state index is 0.103. The Morgan fingerprint density at radius 1 is 1.21 bits per heavy atom. The van der Waals surface area contributed by atoms with Gasteiger partial charge in [-0.05, 0) is 12.1 Å². The van der Waals surface area contributed by atoms with Crippen LogP contribution >= 0.6 is 0 Å². The van der Waals surface area contributed by atoms with Gasteiger partial charge in [0.05, 0.1) is 18.7 Å². The van der Waals surface area contributed by atoms with Crippen LogP contribution in [0.2, 0.25) is 0 Å². The molecule has 0 saturated carbocycles. The van der Waals surface area contributed by atoms with E-state index in [9.17, 15) is 9.59 Å². The van der Waals surface area contributed by atoms with E-state index in [2.05, 4.69) is 10.6 Å². The predicted octanol–water partition coefficient (Wildman–Crippen LogP) is 0.290. The molecule has 1 rings (SSSR count). The average molecular weight is 265 g/mol. The lowest BCUT2D eigenvalue weighted by atomic mass is 10.3. The summed E-state index contributed by atoms with van der Waals surface area (Å²) in [6, 6.07) is 7.11. The average Bonchev–Trinajstić information content (AvgIpc) is 2.40. The minimum atomic E-state index is -0.154.